The van der Waals surface area contributed by atoms with Crippen molar-refractivity contribution in [3.05, 3.63) is 22.4 Å². The molecule has 0 bridgehead atoms. The highest BCUT2D eigenvalue weighted by Crippen LogP contribution is 2.30. The number of rotatable bonds is 5. The molecule has 108 valence electrons. The van der Waals surface area contributed by atoms with Crippen LogP contribution in [0.2, 0.25) is 0 Å². The molecule has 0 aromatic heterocycles. The minimum atomic E-state index is -3.69. The zero-order chi connectivity index (χ0) is 14.8. The van der Waals surface area contributed by atoms with Crippen LogP contribution in [-0.2, 0) is 10.0 Å². The largest absolute Gasteiger partial charge is 0.396 e. The molecule has 0 saturated carbocycles. The fraction of sp³-hybridized carbons (Fsp3) is 0.500. The van der Waals surface area contributed by atoms with Gasteiger partial charge in [0.15, 0.2) is 0 Å². The van der Waals surface area contributed by atoms with Crippen molar-refractivity contribution in [3.63, 3.8) is 0 Å². The van der Waals surface area contributed by atoms with Gasteiger partial charge < -0.3 is 5.73 Å². The number of sulfonamides is 1. The molecule has 0 radical (unpaired) electrons. The van der Waals surface area contributed by atoms with Gasteiger partial charge in [-0.05, 0) is 48.3 Å². The van der Waals surface area contributed by atoms with Crippen molar-refractivity contribution in [2.75, 3.05) is 12.3 Å². The zero-order valence-corrected chi connectivity index (χ0v) is 13.6. The van der Waals surface area contributed by atoms with Crippen LogP contribution in [0.25, 0.3) is 0 Å². The lowest BCUT2D eigenvalue weighted by Crippen LogP contribution is -2.37. The van der Waals surface area contributed by atoms with Crippen molar-refractivity contribution in [1.29, 1.82) is 0 Å². The molecule has 19 heavy (non-hydrogen) atoms. The number of anilines is 1. The second kappa shape index (κ2) is 6.19. The Morgan fingerprint density at radius 3 is 2.47 bits per heavy atom. The van der Waals surface area contributed by atoms with Crippen LogP contribution < -0.4 is 5.73 Å². The highest BCUT2D eigenvalue weighted by Gasteiger charge is 2.28. The van der Waals surface area contributed by atoms with E-state index in [2.05, 4.69) is 15.9 Å². The predicted molar refractivity (Wildman–Crippen MR) is 77.8 cm³/mol. The molecule has 7 heteroatoms. The summed E-state index contributed by atoms with van der Waals surface area (Å²) in [6.07, 6.45) is 0.700. The molecule has 0 unspecified atom stereocenters. The first kappa shape index (κ1) is 16.4. The standard InChI is InChI=1S/C12H18BrFN2O2S/c1-4-5-16(8(2)3)19(17,18)12-7-11(15)10(14)6-9(12)13/h6-8H,4-5,15H2,1-3H3. The van der Waals surface area contributed by atoms with Gasteiger partial charge in [-0.25, -0.2) is 12.8 Å². The van der Waals surface area contributed by atoms with Gasteiger partial charge in [-0.1, -0.05) is 6.92 Å². The minimum Gasteiger partial charge on any atom is -0.396 e. The zero-order valence-electron chi connectivity index (χ0n) is 11.2. The van der Waals surface area contributed by atoms with Crippen LogP contribution in [0.3, 0.4) is 0 Å². The van der Waals surface area contributed by atoms with Gasteiger partial charge in [-0.3, -0.25) is 0 Å². The van der Waals surface area contributed by atoms with Crippen LogP contribution in [0.1, 0.15) is 27.2 Å². The van der Waals surface area contributed by atoms with Gasteiger partial charge in [0, 0.05) is 17.1 Å². The molecule has 1 aromatic rings. The second-order valence-electron chi connectivity index (χ2n) is 4.51. The van der Waals surface area contributed by atoms with Gasteiger partial charge in [0.05, 0.1) is 10.6 Å². The van der Waals surface area contributed by atoms with E-state index >= 15 is 0 Å². The molecule has 0 aliphatic heterocycles. The SMILES string of the molecule is CCCN(C(C)C)S(=O)(=O)c1cc(N)c(F)cc1Br. The number of benzene rings is 1. The van der Waals surface area contributed by atoms with Gasteiger partial charge in [-0.15, -0.1) is 0 Å². The summed E-state index contributed by atoms with van der Waals surface area (Å²) in [5.41, 5.74) is 5.28. The molecule has 0 fully saturated rings. The molecule has 0 atom stereocenters. The lowest BCUT2D eigenvalue weighted by atomic mass is 10.3. The van der Waals surface area contributed by atoms with Crippen molar-refractivity contribution in [2.45, 2.75) is 38.1 Å². The molecular formula is C12H18BrFN2O2S. The van der Waals surface area contributed by atoms with Crippen molar-refractivity contribution in [2.24, 2.45) is 0 Å². The molecule has 2 N–H and O–H groups in total. The summed E-state index contributed by atoms with van der Waals surface area (Å²) in [5, 5.41) is 0. The van der Waals surface area contributed by atoms with Gasteiger partial charge in [0.25, 0.3) is 0 Å². The van der Waals surface area contributed by atoms with Gasteiger partial charge >= 0.3 is 0 Å². The number of nitrogen functional groups attached to an aromatic ring is 1. The Bertz CT molecular complexity index is 561. The van der Waals surface area contributed by atoms with E-state index in [0.29, 0.717) is 13.0 Å². The maximum absolute atomic E-state index is 13.3. The van der Waals surface area contributed by atoms with Crippen LogP contribution in [0, 0.1) is 5.82 Å². The molecule has 0 aliphatic rings. The monoisotopic (exact) mass is 352 g/mol. The average molecular weight is 353 g/mol. The van der Waals surface area contributed by atoms with Gasteiger partial charge in [-0.2, -0.15) is 4.31 Å². The molecule has 0 spiro atoms. The Labute approximate surface area is 122 Å². The lowest BCUT2D eigenvalue weighted by Gasteiger charge is -2.26. The quantitative estimate of drug-likeness (QED) is 0.828. The predicted octanol–water partition coefficient (Wildman–Crippen LogP) is 2.98. The third-order valence-corrected chi connectivity index (χ3v) is 5.69. The van der Waals surface area contributed by atoms with Crippen molar-refractivity contribution < 1.29 is 12.8 Å². The summed E-state index contributed by atoms with van der Waals surface area (Å²) >= 11 is 3.08. The Kier molecular flexibility index (Phi) is 5.34. The number of halogens is 2. The molecule has 0 heterocycles. The first-order valence-corrected chi connectivity index (χ1v) is 8.21. The smallest absolute Gasteiger partial charge is 0.244 e. The summed E-state index contributed by atoms with van der Waals surface area (Å²) in [5.74, 6) is -0.641. The fourth-order valence-corrected chi connectivity index (χ4v) is 4.49. The topological polar surface area (TPSA) is 63.4 Å². The van der Waals surface area contributed by atoms with E-state index in [4.69, 9.17) is 5.73 Å². The van der Waals surface area contributed by atoms with E-state index < -0.39 is 15.8 Å². The molecule has 4 nitrogen and oxygen atoms in total. The van der Waals surface area contributed by atoms with E-state index in [1.54, 1.807) is 13.8 Å². The third-order valence-electron chi connectivity index (χ3n) is 2.66. The van der Waals surface area contributed by atoms with Crippen molar-refractivity contribution in [3.8, 4) is 0 Å². The first-order valence-electron chi connectivity index (χ1n) is 5.98. The average Bonchev–Trinajstić information content (AvgIpc) is 2.29. The Balaban J connectivity index is 3.37. The van der Waals surface area contributed by atoms with Gasteiger partial charge in [0.2, 0.25) is 10.0 Å². The molecule has 1 aromatic carbocycles. The van der Waals surface area contributed by atoms with E-state index in [1.165, 1.54) is 4.31 Å². The first-order chi connectivity index (χ1) is 8.71. The Hall–Kier alpha value is -0.660. The van der Waals surface area contributed by atoms with Crippen LogP contribution in [0.5, 0.6) is 0 Å². The van der Waals surface area contributed by atoms with E-state index in [1.807, 2.05) is 6.92 Å². The summed E-state index contributed by atoms with van der Waals surface area (Å²) in [4.78, 5) is -0.00597. The Morgan fingerprint density at radius 1 is 1.42 bits per heavy atom. The van der Waals surface area contributed by atoms with Crippen molar-refractivity contribution in [1.82, 2.24) is 4.31 Å². The van der Waals surface area contributed by atoms with E-state index in [0.717, 1.165) is 12.1 Å². The second-order valence-corrected chi connectivity index (χ2v) is 7.23. The number of nitrogens with two attached hydrogens (primary N) is 1. The molecule has 1 rings (SSSR count). The maximum atomic E-state index is 13.3. The van der Waals surface area contributed by atoms with E-state index in [-0.39, 0.29) is 21.1 Å². The van der Waals surface area contributed by atoms with Gasteiger partial charge in [0.1, 0.15) is 5.82 Å². The van der Waals surface area contributed by atoms with Crippen LogP contribution in [0.15, 0.2) is 21.5 Å². The number of hydrogen-bond donors (Lipinski definition) is 1. The fourth-order valence-electron chi connectivity index (χ4n) is 1.75. The summed E-state index contributed by atoms with van der Waals surface area (Å²) in [6.45, 7) is 5.91. The molecular weight excluding hydrogens is 335 g/mol. The number of nitrogens with zero attached hydrogens (tertiary/aromatic N) is 1. The van der Waals surface area contributed by atoms with Crippen LogP contribution in [-0.4, -0.2) is 25.3 Å². The Morgan fingerprint density at radius 2 is 2.00 bits per heavy atom. The third kappa shape index (κ3) is 3.46. The minimum absolute atomic E-state index is 0.00597. The normalized spacial score (nSPS) is 12.4. The highest BCUT2D eigenvalue weighted by molar-refractivity contribution is 9.10. The van der Waals surface area contributed by atoms with Crippen LogP contribution in [0.4, 0.5) is 10.1 Å². The van der Waals surface area contributed by atoms with Crippen molar-refractivity contribution >= 4 is 31.6 Å². The molecule has 0 amide bonds. The number of hydrogen-bond acceptors (Lipinski definition) is 3. The molecule has 0 saturated heterocycles. The van der Waals surface area contributed by atoms with E-state index in [9.17, 15) is 12.8 Å². The lowest BCUT2D eigenvalue weighted by molar-refractivity contribution is 0.354. The summed E-state index contributed by atoms with van der Waals surface area (Å²) < 4.78 is 40.0. The summed E-state index contributed by atoms with van der Waals surface area (Å²) in [6, 6.07) is 2.05. The highest BCUT2D eigenvalue weighted by atomic mass is 79.9. The van der Waals surface area contributed by atoms with Crippen LogP contribution >= 0.6 is 15.9 Å². The summed E-state index contributed by atoms with van der Waals surface area (Å²) in [7, 11) is -3.69. The maximum Gasteiger partial charge on any atom is 0.244 e. The molecule has 0 aliphatic carbocycles.